The number of carbonyl (C=O) groups is 1. The van der Waals surface area contributed by atoms with Crippen molar-refractivity contribution in [3.63, 3.8) is 0 Å². The summed E-state index contributed by atoms with van der Waals surface area (Å²) >= 11 is 6.12. The van der Waals surface area contributed by atoms with E-state index in [1.807, 2.05) is 6.07 Å². The molecule has 3 atom stereocenters. The van der Waals surface area contributed by atoms with E-state index in [4.69, 9.17) is 16.9 Å². The van der Waals surface area contributed by atoms with Crippen molar-refractivity contribution in [3.05, 3.63) is 40.7 Å². The van der Waals surface area contributed by atoms with Gasteiger partial charge in [-0.3, -0.25) is 4.79 Å². The minimum absolute atomic E-state index is 0.0601. The van der Waals surface area contributed by atoms with Gasteiger partial charge in [0.1, 0.15) is 30.0 Å². The van der Waals surface area contributed by atoms with Crippen LogP contribution in [-0.2, 0) is 0 Å². The molecule has 32 heavy (non-hydrogen) atoms. The zero-order valence-electron chi connectivity index (χ0n) is 18.1. The molecule has 0 saturated heterocycles. The van der Waals surface area contributed by atoms with Gasteiger partial charge in [0.2, 0.25) is 0 Å². The number of amides is 1. The second-order valence-corrected chi connectivity index (χ2v) is 8.26. The van der Waals surface area contributed by atoms with Crippen molar-refractivity contribution in [2.24, 2.45) is 0 Å². The molecule has 172 valence electrons. The number of alkyl halides is 2. The molecule has 3 unspecified atom stereocenters. The molecule has 2 aromatic heterocycles. The lowest BCUT2D eigenvalue weighted by Crippen LogP contribution is -2.42. The molecule has 0 aliphatic heterocycles. The summed E-state index contributed by atoms with van der Waals surface area (Å²) in [6, 6.07) is 4.18. The minimum atomic E-state index is -1.69. The summed E-state index contributed by atoms with van der Waals surface area (Å²) in [4.78, 5) is 20.8. The highest BCUT2D eigenvalue weighted by Gasteiger charge is 2.27. The first-order valence-electron chi connectivity index (χ1n) is 9.80. The molecule has 11 heteroatoms. The molecule has 0 saturated carbocycles. The highest BCUT2D eigenvalue weighted by Crippen LogP contribution is 2.26. The fourth-order valence-corrected chi connectivity index (χ4v) is 2.64. The van der Waals surface area contributed by atoms with Gasteiger partial charge in [0.05, 0.1) is 40.0 Å². The third-order valence-electron chi connectivity index (χ3n) is 4.65. The Morgan fingerprint density at radius 3 is 2.53 bits per heavy atom. The van der Waals surface area contributed by atoms with Gasteiger partial charge in [-0.1, -0.05) is 11.6 Å². The standard InChI is InChI=1S/C21H25ClF2N6O2/c1-11(23)12(2)29-16-6-18(30-19-15(22)5-13(7-25)8-27-19)26-9-14(16)20(31)28-10-17(24)21(3,4)32/h5-6,8-9,11-12,17,32H,10H2,1-4H3,(H,28,31)(H2,26,27,29,30). The Morgan fingerprint density at radius 2 is 1.97 bits per heavy atom. The molecule has 0 fully saturated rings. The van der Waals surface area contributed by atoms with Gasteiger partial charge in [-0.2, -0.15) is 5.26 Å². The van der Waals surface area contributed by atoms with Gasteiger partial charge in [0, 0.05) is 18.5 Å². The molecule has 1 amide bonds. The van der Waals surface area contributed by atoms with E-state index in [1.54, 1.807) is 6.92 Å². The molecule has 0 aromatic carbocycles. The maximum atomic E-state index is 14.0. The molecular formula is C21H25ClF2N6O2. The number of aromatic nitrogens is 2. The number of pyridine rings is 2. The SMILES string of the molecule is CC(F)C(C)Nc1cc(Nc2ncc(C#N)cc2Cl)ncc1C(=O)NCC(F)C(C)(C)O. The Kier molecular flexibility index (Phi) is 8.30. The van der Waals surface area contributed by atoms with E-state index in [0.717, 1.165) is 0 Å². The van der Waals surface area contributed by atoms with Crippen molar-refractivity contribution in [1.29, 1.82) is 5.26 Å². The average molecular weight is 467 g/mol. The lowest BCUT2D eigenvalue weighted by Gasteiger charge is -2.23. The van der Waals surface area contributed by atoms with Gasteiger partial charge < -0.3 is 21.1 Å². The third-order valence-corrected chi connectivity index (χ3v) is 4.93. The van der Waals surface area contributed by atoms with Gasteiger partial charge >= 0.3 is 0 Å². The van der Waals surface area contributed by atoms with Crippen LogP contribution in [0.4, 0.5) is 26.1 Å². The van der Waals surface area contributed by atoms with Crippen LogP contribution in [0.25, 0.3) is 0 Å². The second-order valence-electron chi connectivity index (χ2n) is 7.85. The second kappa shape index (κ2) is 10.5. The zero-order chi connectivity index (χ0) is 24.1. The van der Waals surface area contributed by atoms with Crippen LogP contribution in [0.1, 0.15) is 43.6 Å². The van der Waals surface area contributed by atoms with E-state index >= 15 is 0 Å². The van der Waals surface area contributed by atoms with E-state index < -0.39 is 36.4 Å². The number of nitrogens with one attached hydrogen (secondary N) is 3. The smallest absolute Gasteiger partial charge is 0.255 e. The number of nitrogens with zero attached hydrogens (tertiary/aromatic N) is 3. The number of anilines is 3. The van der Waals surface area contributed by atoms with Gasteiger partial charge in [0.15, 0.2) is 0 Å². The van der Waals surface area contributed by atoms with Gasteiger partial charge in [-0.05, 0) is 33.8 Å². The van der Waals surface area contributed by atoms with Gasteiger partial charge in [0.25, 0.3) is 5.91 Å². The maximum absolute atomic E-state index is 14.0. The van der Waals surface area contributed by atoms with Crippen molar-refractivity contribution in [1.82, 2.24) is 15.3 Å². The highest BCUT2D eigenvalue weighted by atomic mass is 35.5. The summed E-state index contributed by atoms with van der Waals surface area (Å²) in [6.07, 6.45) is -0.343. The largest absolute Gasteiger partial charge is 0.387 e. The quantitative estimate of drug-likeness (QED) is 0.444. The molecule has 2 heterocycles. The van der Waals surface area contributed by atoms with Crippen molar-refractivity contribution in [3.8, 4) is 6.07 Å². The Bertz CT molecular complexity index is 1010. The van der Waals surface area contributed by atoms with E-state index in [1.165, 1.54) is 45.3 Å². The van der Waals surface area contributed by atoms with Crippen LogP contribution in [0.5, 0.6) is 0 Å². The molecule has 0 spiro atoms. The first-order valence-corrected chi connectivity index (χ1v) is 10.2. The normalized spacial score (nSPS) is 14.1. The predicted octanol–water partition coefficient (Wildman–Crippen LogP) is 3.74. The predicted molar refractivity (Wildman–Crippen MR) is 119 cm³/mol. The van der Waals surface area contributed by atoms with Crippen LogP contribution < -0.4 is 16.0 Å². The number of rotatable bonds is 9. The van der Waals surface area contributed by atoms with Crippen LogP contribution in [0, 0.1) is 11.3 Å². The Morgan fingerprint density at radius 1 is 1.28 bits per heavy atom. The van der Waals surface area contributed by atoms with Crippen molar-refractivity contribution in [2.75, 3.05) is 17.2 Å². The Balaban J connectivity index is 2.30. The summed E-state index contributed by atoms with van der Waals surface area (Å²) < 4.78 is 27.8. The van der Waals surface area contributed by atoms with Crippen LogP contribution in [0.3, 0.4) is 0 Å². The molecule has 0 radical (unpaired) electrons. The number of carbonyl (C=O) groups excluding carboxylic acids is 1. The first kappa shape index (κ1) is 25.2. The van der Waals surface area contributed by atoms with Crippen LogP contribution in [-0.4, -0.2) is 51.5 Å². The number of aliphatic hydroxyl groups is 1. The molecule has 0 bridgehead atoms. The zero-order valence-corrected chi connectivity index (χ0v) is 18.8. The summed E-state index contributed by atoms with van der Waals surface area (Å²) in [5.74, 6) is -0.160. The van der Waals surface area contributed by atoms with Crippen LogP contribution in [0.2, 0.25) is 5.02 Å². The minimum Gasteiger partial charge on any atom is -0.387 e. The molecule has 0 aliphatic rings. The topological polar surface area (TPSA) is 123 Å². The summed E-state index contributed by atoms with van der Waals surface area (Å²) in [7, 11) is 0. The van der Waals surface area contributed by atoms with Gasteiger partial charge in [-0.25, -0.2) is 18.7 Å². The molecule has 0 aliphatic carbocycles. The molecule has 2 rings (SSSR count). The van der Waals surface area contributed by atoms with E-state index in [2.05, 4.69) is 25.9 Å². The van der Waals surface area contributed by atoms with Crippen molar-refractivity contribution >= 4 is 34.8 Å². The fraction of sp³-hybridized carbons (Fsp3) is 0.429. The van der Waals surface area contributed by atoms with E-state index in [-0.39, 0.29) is 33.5 Å². The maximum Gasteiger partial charge on any atom is 0.255 e. The molecule has 4 N–H and O–H groups in total. The number of hydrogen-bond donors (Lipinski definition) is 4. The first-order chi connectivity index (χ1) is 14.9. The monoisotopic (exact) mass is 466 g/mol. The van der Waals surface area contributed by atoms with E-state index in [9.17, 15) is 18.7 Å². The van der Waals surface area contributed by atoms with Gasteiger partial charge in [-0.15, -0.1) is 0 Å². The highest BCUT2D eigenvalue weighted by molar-refractivity contribution is 6.33. The molecule has 8 nitrogen and oxygen atoms in total. The van der Waals surface area contributed by atoms with Crippen molar-refractivity contribution < 1.29 is 18.7 Å². The summed E-state index contributed by atoms with van der Waals surface area (Å²) in [5, 5.41) is 27.0. The fourth-order valence-electron chi connectivity index (χ4n) is 2.42. The summed E-state index contributed by atoms with van der Waals surface area (Å²) in [6.45, 7) is 5.15. The average Bonchev–Trinajstić information content (AvgIpc) is 2.72. The Labute approximate surface area is 190 Å². The molecular weight excluding hydrogens is 442 g/mol. The van der Waals surface area contributed by atoms with E-state index in [0.29, 0.717) is 0 Å². The van der Waals surface area contributed by atoms with Crippen LogP contribution in [0.15, 0.2) is 24.5 Å². The number of nitriles is 1. The lowest BCUT2D eigenvalue weighted by molar-refractivity contribution is -0.00177. The van der Waals surface area contributed by atoms with Crippen LogP contribution >= 0.6 is 11.6 Å². The summed E-state index contributed by atoms with van der Waals surface area (Å²) in [5.41, 5.74) is -1.03. The van der Waals surface area contributed by atoms with Crippen molar-refractivity contribution in [2.45, 2.75) is 51.7 Å². The third kappa shape index (κ3) is 6.73. The number of halogens is 3. The number of hydrogen-bond acceptors (Lipinski definition) is 7. The Hall–Kier alpha value is -3.03. The molecule has 2 aromatic rings. The lowest BCUT2D eigenvalue weighted by atomic mass is 10.0.